The molecule has 1 amide bonds. The van der Waals surface area contributed by atoms with Gasteiger partial charge in [0, 0.05) is 49.9 Å². The summed E-state index contributed by atoms with van der Waals surface area (Å²) in [5.74, 6) is 1.93. The van der Waals surface area contributed by atoms with Crippen molar-refractivity contribution < 1.29 is 4.79 Å². The molecule has 2 heterocycles. The van der Waals surface area contributed by atoms with E-state index in [9.17, 15) is 4.79 Å². The van der Waals surface area contributed by atoms with Gasteiger partial charge in [-0.2, -0.15) is 0 Å². The van der Waals surface area contributed by atoms with E-state index in [1.165, 1.54) is 11.1 Å². The van der Waals surface area contributed by atoms with E-state index >= 15 is 0 Å². The van der Waals surface area contributed by atoms with Crippen molar-refractivity contribution in [1.82, 2.24) is 14.9 Å². The number of amides is 1. The van der Waals surface area contributed by atoms with E-state index in [0.29, 0.717) is 6.42 Å². The van der Waals surface area contributed by atoms with Crippen LogP contribution in [0.2, 0.25) is 0 Å². The Hall–Kier alpha value is -3.21. The Labute approximate surface area is 178 Å². The highest BCUT2D eigenvalue weighted by Crippen LogP contribution is 2.22. The molecule has 1 aromatic heterocycles. The van der Waals surface area contributed by atoms with Crippen LogP contribution in [-0.4, -0.2) is 47.0 Å². The van der Waals surface area contributed by atoms with Crippen molar-refractivity contribution in [3.63, 3.8) is 0 Å². The largest absolute Gasteiger partial charge is 0.353 e. The number of piperazine rings is 1. The third kappa shape index (κ3) is 4.85. The summed E-state index contributed by atoms with van der Waals surface area (Å²) in [5, 5.41) is 0. The van der Waals surface area contributed by atoms with Gasteiger partial charge in [0.25, 0.3) is 0 Å². The quantitative estimate of drug-likeness (QED) is 0.649. The normalized spacial score (nSPS) is 14.1. The molecule has 1 fully saturated rings. The van der Waals surface area contributed by atoms with Crippen LogP contribution in [0, 0.1) is 13.8 Å². The molecule has 1 saturated heterocycles. The summed E-state index contributed by atoms with van der Waals surface area (Å²) in [5.41, 5.74) is 4.40. The molecule has 0 bridgehead atoms. The van der Waals surface area contributed by atoms with Crippen molar-refractivity contribution in [3.8, 4) is 11.4 Å². The molecule has 0 unspecified atom stereocenters. The van der Waals surface area contributed by atoms with Crippen LogP contribution in [0.25, 0.3) is 11.4 Å². The molecule has 0 atom stereocenters. The van der Waals surface area contributed by atoms with Gasteiger partial charge in [0.15, 0.2) is 5.82 Å². The molecule has 0 aliphatic carbocycles. The van der Waals surface area contributed by atoms with Crippen molar-refractivity contribution in [2.45, 2.75) is 26.7 Å². The number of hydrogen-bond acceptors (Lipinski definition) is 4. The molecule has 30 heavy (non-hydrogen) atoms. The van der Waals surface area contributed by atoms with Crippen molar-refractivity contribution in [2.75, 3.05) is 31.1 Å². The van der Waals surface area contributed by atoms with Crippen LogP contribution < -0.4 is 4.90 Å². The minimum atomic E-state index is 0.234. The number of hydrogen-bond donors (Lipinski definition) is 0. The van der Waals surface area contributed by atoms with Crippen LogP contribution in [0.15, 0.2) is 60.7 Å². The molecular weight excluding hydrogens is 372 g/mol. The fourth-order valence-electron chi connectivity index (χ4n) is 3.87. The monoisotopic (exact) mass is 400 g/mol. The van der Waals surface area contributed by atoms with E-state index in [-0.39, 0.29) is 5.91 Å². The number of benzene rings is 2. The van der Waals surface area contributed by atoms with Gasteiger partial charge in [-0.05, 0) is 31.9 Å². The average molecular weight is 401 g/mol. The second-order valence-corrected chi connectivity index (χ2v) is 7.91. The molecule has 4 rings (SSSR count). The van der Waals surface area contributed by atoms with Crippen LogP contribution in [0.4, 0.5) is 5.82 Å². The zero-order valence-corrected chi connectivity index (χ0v) is 17.7. The number of aromatic nitrogens is 2. The molecule has 2 aromatic carbocycles. The van der Waals surface area contributed by atoms with E-state index in [1.54, 1.807) is 0 Å². The smallest absolute Gasteiger partial charge is 0.223 e. The summed E-state index contributed by atoms with van der Waals surface area (Å²) >= 11 is 0. The first-order valence-corrected chi connectivity index (χ1v) is 10.6. The Balaban J connectivity index is 1.38. The Morgan fingerprint density at radius 3 is 2.40 bits per heavy atom. The van der Waals surface area contributed by atoms with Gasteiger partial charge in [-0.1, -0.05) is 54.1 Å². The van der Waals surface area contributed by atoms with E-state index in [2.05, 4.69) is 47.1 Å². The lowest BCUT2D eigenvalue weighted by Crippen LogP contribution is -2.49. The van der Waals surface area contributed by atoms with Crippen LogP contribution in [-0.2, 0) is 11.2 Å². The fourth-order valence-corrected chi connectivity index (χ4v) is 3.87. The zero-order valence-electron chi connectivity index (χ0n) is 17.7. The van der Waals surface area contributed by atoms with Crippen LogP contribution in [0.5, 0.6) is 0 Å². The molecule has 5 nitrogen and oxygen atoms in total. The standard InChI is InChI=1S/C25H28N4O/c1-19-7-6-10-22(17-19)25-26-20(2)18-23(27-25)28-13-15-29(16-14-28)24(30)12-11-21-8-4-3-5-9-21/h3-10,17-18H,11-16H2,1-2H3. The molecule has 1 aliphatic rings. The SMILES string of the molecule is Cc1cccc(-c2nc(C)cc(N3CCN(C(=O)CCc4ccccc4)CC3)n2)c1. The maximum atomic E-state index is 12.6. The molecule has 0 radical (unpaired) electrons. The zero-order chi connectivity index (χ0) is 20.9. The summed E-state index contributed by atoms with van der Waals surface area (Å²) in [6, 6.07) is 20.5. The maximum absolute atomic E-state index is 12.6. The van der Waals surface area contributed by atoms with Crippen LogP contribution in [0.1, 0.15) is 23.2 Å². The average Bonchev–Trinajstić information content (AvgIpc) is 2.78. The van der Waals surface area contributed by atoms with Gasteiger partial charge in [0.1, 0.15) is 5.82 Å². The molecule has 0 saturated carbocycles. The molecular formula is C25H28N4O. The molecule has 3 aromatic rings. The Bertz CT molecular complexity index is 1010. The van der Waals surface area contributed by atoms with Gasteiger partial charge in [0.05, 0.1) is 0 Å². The molecule has 0 spiro atoms. The first kappa shape index (κ1) is 20.1. The van der Waals surface area contributed by atoms with Crippen molar-refractivity contribution in [2.24, 2.45) is 0 Å². The summed E-state index contributed by atoms with van der Waals surface area (Å²) < 4.78 is 0. The first-order valence-electron chi connectivity index (χ1n) is 10.6. The van der Waals surface area contributed by atoms with Gasteiger partial charge < -0.3 is 9.80 Å². The molecule has 1 aliphatic heterocycles. The van der Waals surface area contributed by atoms with E-state index in [4.69, 9.17) is 4.98 Å². The number of rotatable bonds is 5. The van der Waals surface area contributed by atoms with E-state index in [0.717, 1.165) is 55.5 Å². The van der Waals surface area contributed by atoms with Crippen molar-refractivity contribution in [1.29, 1.82) is 0 Å². The molecule has 5 heteroatoms. The third-order valence-corrected chi connectivity index (χ3v) is 5.54. The van der Waals surface area contributed by atoms with Crippen LogP contribution >= 0.6 is 0 Å². The Kier molecular flexibility index (Phi) is 6.07. The summed E-state index contributed by atoms with van der Waals surface area (Å²) in [4.78, 5) is 26.3. The van der Waals surface area contributed by atoms with Crippen molar-refractivity contribution >= 4 is 11.7 Å². The van der Waals surface area contributed by atoms with E-state index < -0.39 is 0 Å². The van der Waals surface area contributed by atoms with Gasteiger partial charge in [-0.15, -0.1) is 0 Å². The van der Waals surface area contributed by atoms with Crippen LogP contribution in [0.3, 0.4) is 0 Å². The Morgan fingerprint density at radius 2 is 1.67 bits per heavy atom. The first-order chi connectivity index (χ1) is 14.6. The lowest BCUT2D eigenvalue weighted by atomic mass is 10.1. The van der Waals surface area contributed by atoms with Gasteiger partial charge >= 0.3 is 0 Å². The maximum Gasteiger partial charge on any atom is 0.223 e. The summed E-state index contributed by atoms with van der Waals surface area (Å²) in [7, 11) is 0. The predicted octanol–water partition coefficient (Wildman–Crippen LogP) is 4.04. The van der Waals surface area contributed by atoms with Gasteiger partial charge in [-0.3, -0.25) is 4.79 Å². The molecule has 0 N–H and O–H groups in total. The predicted molar refractivity (Wildman–Crippen MR) is 120 cm³/mol. The highest BCUT2D eigenvalue weighted by atomic mass is 16.2. The third-order valence-electron chi connectivity index (χ3n) is 5.54. The van der Waals surface area contributed by atoms with Gasteiger partial charge in [0.2, 0.25) is 5.91 Å². The number of anilines is 1. The number of aryl methyl sites for hydroxylation is 3. The summed E-state index contributed by atoms with van der Waals surface area (Å²) in [6.07, 6.45) is 1.36. The molecule has 154 valence electrons. The Morgan fingerprint density at radius 1 is 0.900 bits per heavy atom. The minimum Gasteiger partial charge on any atom is -0.353 e. The number of nitrogens with zero attached hydrogens (tertiary/aromatic N) is 4. The number of carbonyl (C=O) groups is 1. The topological polar surface area (TPSA) is 49.3 Å². The number of carbonyl (C=O) groups excluding carboxylic acids is 1. The minimum absolute atomic E-state index is 0.234. The highest BCUT2D eigenvalue weighted by Gasteiger charge is 2.22. The summed E-state index contributed by atoms with van der Waals surface area (Å²) in [6.45, 7) is 7.14. The highest BCUT2D eigenvalue weighted by molar-refractivity contribution is 5.76. The van der Waals surface area contributed by atoms with Gasteiger partial charge in [-0.25, -0.2) is 9.97 Å². The second-order valence-electron chi connectivity index (χ2n) is 7.91. The lowest BCUT2D eigenvalue weighted by Gasteiger charge is -2.35. The fraction of sp³-hybridized carbons (Fsp3) is 0.320. The van der Waals surface area contributed by atoms with Crippen molar-refractivity contribution in [3.05, 3.63) is 77.5 Å². The second kappa shape index (κ2) is 9.08. The van der Waals surface area contributed by atoms with E-state index in [1.807, 2.05) is 42.2 Å². The lowest BCUT2D eigenvalue weighted by molar-refractivity contribution is -0.131.